The predicted octanol–water partition coefficient (Wildman–Crippen LogP) is 1.38. The van der Waals surface area contributed by atoms with Gasteiger partial charge in [0.05, 0.1) is 17.3 Å². The summed E-state index contributed by atoms with van der Waals surface area (Å²) < 4.78 is 7.46. The monoisotopic (exact) mass is 315 g/mol. The SMILES string of the molecule is Cn1nccc1[C@H]1OCC[C@@H]1NC(=O)c1ccc(C(=O)O)cc1. The number of carbonyl (C=O) groups is 2. The van der Waals surface area contributed by atoms with Crippen LogP contribution in [0.2, 0.25) is 0 Å². The van der Waals surface area contributed by atoms with Crippen LogP contribution in [0.5, 0.6) is 0 Å². The largest absolute Gasteiger partial charge is 0.478 e. The molecule has 2 atom stereocenters. The first-order valence-electron chi connectivity index (χ1n) is 7.30. The summed E-state index contributed by atoms with van der Waals surface area (Å²) in [4.78, 5) is 23.2. The predicted molar refractivity (Wildman–Crippen MR) is 81.2 cm³/mol. The molecule has 1 aliphatic rings. The van der Waals surface area contributed by atoms with E-state index in [4.69, 9.17) is 9.84 Å². The molecule has 7 nitrogen and oxygen atoms in total. The number of hydrogen-bond acceptors (Lipinski definition) is 4. The highest BCUT2D eigenvalue weighted by molar-refractivity contribution is 5.96. The second-order valence-corrected chi connectivity index (χ2v) is 5.42. The average molecular weight is 315 g/mol. The number of benzene rings is 1. The lowest BCUT2D eigenvalue weighted by molar-refractivity contribution is 0.0696. The molecule has 0 unspecified atom stereocenters. The normalized spacial score (nSPS) is 20.4. The summed E-state index contributed by atoms with van der Waals surface area (Å²) in [7, 11) is 1.83. The highest BCUT2D eigenvalue weighted by Gasteiger charge is 2.32. The molecule has 1 fully saturated rings. The Morgan fingerprint density at radius 1 is 1.26 bits per heavy atom. The van der Waals surface area contributed by atoms with Crippen molar-refractivity contribution < 1.29 is 19.4 Å². The van der Waals surface area contributed by atoms with Gasteiger partial charge >= 0.3 is 5.97 Å². The van der Waals surface area contributed by atoms with Crippen LogP contribution in [0.15, 0.2) is 36.5 Å². The van der Waals surface area contributed by atoms with E-state index in [1.807, 2.05) is 13.1 Å². The van der Waals surface area contributed by atoms with Gasteiger partial charge in [-0.25, -0.2) is 4.79 Å². The zero-order chi connectivity index (χ0) is 16.4. The molecule has 1 amide bonds. The molecule has 2 N–H and O–H groups in total. The minimum absolute atomic E-state index is 0.142. The van der Waals surface area contributed by atoms with Gasteiger partial charge in [0.2, 0.25) is 0 Å². The van der Waals surface area contributed by atoms with Gasteiger partial charge in [0.25, 0.3) is 5.91 Å². The van der Waals surface area contributed by atoms with E-state index in [1.54, 1.807) is 10.9 Å². The number of aryl methyl sites for hydroxylation is 1. The van der Waals surface area contributed by atoms with Gasteiger partial charge in [0.15, 0.2) is 0 Å². The van der Waals surface area contributed by atoms with Crippen LogP contribution in [0.1, 0.15) is 38.9 Å². The molecule has 7 heteroatoms. The van der Waals surface area contributed by atoms with Gasteiger partial charge in [-0.05, 0) is 36.8 Å². The lowest BCUT2D eigenvalue weighted by atomic mass is 10.1. The number of rotatable bonds is 4. The number of aromatic nitrogens is 2. The Balaban J connectivity index is 1.71. The van der Waals surface area contributed by atoms with Crippen LogP contribution in [0.3, 0.4) is 0 Å². The molecule has 1 saturated heterocycles. The summed E-state index contributed by atoms with van der Waals surface area (Å²) in [5.74, 6) is -1.26. The Bertz CT molecular complexity index is 723. The molecule has 1 aliphatic heterocycles. The fourth-order valence-corrected chi connectivity index (χ4v) is 2.71. The second kappa shape index (κ2) is 6.21. The van der Waals surface area contributed by atoms with Crippen LogP contribution >= 0.6 is 0 Å². The third-order valence-corrected chi connectivity index (χ3v) is 3.95. The minimum Gasteiger partial charge on any atom is -0.478 e. The molecule has 0 aliphatic carbocycles. The van der Waals surface area contributed by atoms with Gasteiger partial charge in [0.1, 0.15) is 6.10 Å². The van der Waals surface area contributed by atoms with Crippen LogP contribution in [-0.4, -0.2) is 39.4 Å². The summed E-state index contributed by atoms with van der Waals surface area (Å²) in [5.41, 5.74) is 1.48. The van der Waals surface area contributed by atoms with Crippen molar-refractivity contribution in [2.75, 3.05) is 6.61 Å². The van der Waals surface area contributed by atoms with Crippen molar-refractivity contribution in [1.82, 2.24) is 15.1 Å². The fourth-order valence-electron chi connectivity index (χ4n) is 2.71. The van der Waals surface area contributed by atoms with Crippen LogP contribution < -0.4 is 5.32 Å². The Kier molecular flexibility index (Phi) is 4.12. The highest BCUT2D eigenvalue weighted by Crippen LogP contribution is 2.28. The first kappa shape index (κ1) is 15.2. The number of amides is 1. The molecule has 0 radical (unpaired) electrons. The van der Waals surface area contributed by atoms with Crippen LogP contribution in [0, 0.1) is 0 Å². The number of nitrogens with zero attached hydrogens (tertiary/aromatic N) is 2. The van der Waals surface area contributed by atoms with E-state index < -0.39 is 5.97 Å². The van der Waals surface area contributed by atoms with Crippen LogP contribution in [-0.2, 0) is 11.8 Å². The summed E-state index contributed by atoms with van der Waals surface area (Å²) in [5, 5.41) is 16.0. The van der Waals surface area contributed by atoms with Gasteiger partial charge in [-0.2, -0.15) is 5.10 Å². The van der Waals surface area contributed by atoms with Crippen molar-refractivity contribution in [2.24, 2.45) is 7.05 Å². The van der Waals surface area contributed by atoms with Crippen molar-refractivity contribution in [3.63, 3.8) is 0 Å². The van der Waals surface area contributed by atoms with Gasteiger partial charge in [-0.1, -0.05) is 0 Å². The quantitative estimate of drug-likeness (QED) is 0.889. The zero-order valence-corrected chi connectivity index (χ0v) is 12.6. The standard InChI is InChI=1S/C16H17N3O4/c1-19-13(6-8-17-19)14-12(7-9-23-14)18-15(20)10-2-4-11(5-3-10)16(21)22/h2-6,8,12,14H,7,9H2,1H3,(H,18,20)(H,21,22)/t12-,14-/m0/s1. The number of nitrogens with one attached hydrogen (secondary N) is 1. The van der Waals surface area contributed by atoms with Crippen molar-refractivity contribution in [3.05, 3.63) is 53.3 Å². The number of carbonyl (C=O) groups excluding carboxylic acids is 1. The van der Waals surface area contributed by atoms with Gasteiger partial charge in [-0.3, -0.25) is 9.48 Å². The Labute approximate surface area is 132 Å². The van der Waals surface area contributed by atoms with Crippen LogP contribution in [0.25, 0.3) is 0 Å². The summed E-state index contributed by atoms with van der Waals surface area (Å²) in [6, 6.07) is 7.58. The molecular weight excluding hydrogens is 298 g/mol. The maximum Gasteiger partial charge on any atom is 0.335 e. The highest BCUT2D eigenvalue weighted by atomic mass is 16.5. The number of carboxylic acids is 1. The molecule has 0 spiro atoms. The topological polar surface area (TPSA) is 93.5 Å². The Hall–Kier alpha value is -2.67. The molecule has 2 heterocycles. The molecule has 2 aromatic rings. The average Bonchev–Trinajstić information content (AvgIpc) is 3.15. The van der Waals surface area contributed by atoms with Gasteiger partial charge < -0.3 is 15.2 Å². The first-order chi connectivity index (χ1) is 11.1. The van der Waals surface area contributed by atoms with Crippen molar-refractivity contribution >= 4 is 11.9 Å². The molecule has 3 rings (SSSR count). The fraction of sp³-hybridized carbons (Fsp3) is 0.312. The molecule has 1 aromatic heterocycles. The van der Waals surface area contributed by atoms with Crippen LogP contribution in [0.4, 0.5) is 0 Å². The van der Waals surface area contributed by atoms with Gasteiger partial charge in [-0.15, -0.1) is 0 Å². The third-order valence-electron chi connectivity index (χ3n) is 3.95. The lowest BCUT2D eigenvalue weighted by Gasteiger charge is -2.20. The first-order valence-corrected chi connectivity index (χ1v) is 7.30. The number of aromatic carboxylic acids is 1. The molecule has 1 aromatic carbocycles. The van der Waals surface area contributed by atoms with Crippen molar-refractivity contribution in [3.8, 4) is 0 Å². The number of hydrogen-bond donors (Lipinski definition) is 2. The van der Waals surface area contributed by atoms with E-state index in [2.05, 4.69) is 10.4 Å². The minimum atomic E-state index is -1.02. The molecule has 0 bridgehead atoms. The summed E-state index contributed by atoms with van der Waals surface area (Å²) in [6.07, 6.45) is 2.18. The third kappa shape index (κ3) is 3.09. The lowest BCUT2D eigenvalue weighted by Crippen LogP contribution is -2.37. The summed E-state index contributed by atoms with van der Waals surface area (Å²) >= 11 is 0. The van der Waals surface area contributed by atoms with E-state index in [0.717, 1.165) is 12.1 Å². The Morgan fingerprint density at radius 3 is 2.57 bits per heavy atom. The van der Waals surface area contributed by atoms with E-state index in [1.165, 1.54) is 24.3 Å². The molecule has 23 heavy (non-hydrogen) atoms. The van der Waals surface area contributed by atoms with Gasteiger partial charge in [0, 0.05) is 25.4 Å². The molecule has 0 saturated carbocycles. The van der Waals surface area contributed by atoms with E-state index >= 15 is 0 Å². The molecular formula is C16H17N3O4. The van der Waals surface area contributed by atoms with E-state index in [0.29, 0.717) is 12.2 Å². The Morgan fingerprint density at radius 2 is 1.96 bits per heavy atom. The summed E-state index contributed by atoms with van der Waals surface area (Å²) in [6.45, 7) is 0.568. The zero-order valence-electron chi connectivity index (χ0n) is 12.6. The van der Waals surface area contributed by atoms with E-state index in [9.17, 15) is 9.59 Å². The van der Waals surface area contributed by atoms with Crippen molar-refractivity contribution in [2.45, 2.75) is 18.6 Å². The second-order valence-electron chi connectivity index (χ2n) is 5.42. The maximum atomic E-state index is 12.3. The van der Waals surface area contributed by atoms with E-state index in [-0.39, 0.29) is 23.6 Å². The van der Waals surface area contributed by atoms with Crippen molar-refractivity contribution in [1.29, 1.82) is 0 Å². The smallest absolute Gasteiger partial charge is 0.335 e. The number of ether oxygens (including phenoxy) is 1. The number of carboxylic acid groups (broad SMARTS) is 1. The molecule has 120 valence electrons. The maximum absolute atomic E-state index is 12.3.